The van der Waals surface area contributed by atoms with Crippen molar-refractivity contribution in [1.82, 2.24) is 10.6 Å². The van der Waals surface area contributed by atoms with Crippen LogP contribution in [0.25, 0.3) is 0 Å². The van der Waals surface area contributed by atoms with E-state index in [1.54, 1.807) is 0 Å². The summed E-state index contributed by atoms with van der Waals surface area (Å²) in [5.74, 6) is 2.70. The zero-order valence-electron chi connectivity index (χ0n) is 12.6. The average Bonchev–Trinajstić information content (AvgIpc) is 2.48. The number of para-hydroxylation sites is 1. The lowest BCUT2D eigenvalue weighted by molar-refractivity contribution is -0.138. The smallest absolute Gasteiger partial charge is 0.419 e. The molecule has 2 N–H and O–H groups in total. The molecule has 0 unspecified atom stereocenters. The number of aliphatic imine (C=N–C) groups is 1. The second kappa shape index (κ2) is 11.0. The van der Waals surface area contributed by atoms with Crippen molar-refractivity contribution in [3.05, 3.63) is 29.8 Å². The van der Waals surface area contributed by atoms with E-state index in [1.807, 2.05) is 6.92 Å². The monoisotopic (exact) mass is 441 g/mol. The Bertz CT molecular complexity index is 542. The zero-order chi connectivity index (χ0) is 16.4. The highest BCUT2D eigenvalue weighted by Gasteiger charge is 2.33. The van der Waals surface area contributed by atoms with Gasteiger partial charge in [-0.25, -0.2) is 4.99 Å². The number of nitrogens with zero attached hydrogens (tertiary/aromatic N) is 1. The van der Waals surface area contributed by atoms with E-state index in [0.29, 0.717) is 19.0 Å². The van der Waals surface area contributed by atoms with E-state index in [4.69, 9.17) is 11.2 Å². The van der Waals surface area contributed by atoms with Crippen LogP contribution < -0.4 is 15.4 Å². The van der Waals surface area contributed by atoms with Crippen LogP contribution in [0.15, 0.2) is 29.3 Å². The van der Waals surface area contributed by atoms with Crippen LogP contribution in [-0.4, -0.2) is 32.2 Å². The van der Waals surface area contributed by atoms with E-state index in [9.17, 15) is 13.2 Å². The van der Waals surface area contributed by atoms with E-state index in [1.165, 1.54) is 18.2 Å². The van der Waals surface area contributed by atoms with Gasteiger partial charge in [-0.05, 0) is 19.1 Å². The van der Waals surface area contributed by atoms with Crippen molar-refractivity contribution in [2.45, 2.75) is 13.1 Å². The Morgan fingerprint density at radius 3 is 2.61 bits per heavy atom. The lowest BCUT2D eigenvalue weighted by Crippen LogP contribution is -2.37. The molecule has 0 heterocycles. The quantitative estimate of drug-likeness (QED) is 0.235. The van der Waals surface area contributed by atoms with Gasteiger partial charge in [0.2, 0.25) is 0 Å². The van der Waals surface area contributed by atoms with Gasteiger partial charge in [-0.2, -0.15) is 13.2 Å². The first-order valence-electron chi connectivity index (χ1n) is 6.73. The van der Waals surface area contributed by atoms with Gasteiger partial charge >= 0.3 is 6.18 Å². The molecule has 0 saturated heterocycles. The topological polar surface area (TPSA) is 45.7 Å². The number of terminal acetylenes is 1. The van der Waals surface area contributed by atoms with Crippen LogP contribution in [-0.2, 0) is 6.18 Å². The largest absolute Gasteiger partial charge is 0.491 e. The molecule has 1 aromatic rings. The molecule has 0 bridgehead atoms. The SMILES string of the molecule is C#CCNC(=NCCOc1ccccc1C(F)(F)F)NCC.I. The molecule has 0 radical (unpaired) electrons. The van der Waals surface area contributed by atoms with Crippen molar-refractivity contribution in [2.24, 2.45) is 4.99 Å². The maximum Gasteiger partial charge on any atom is 0.419 e. The van der Waals surface area contributed by atoms with Crippen LogP contribution >= 0.6 is 24.0 Å². The van der Waals surface area contributed by atoms with Crippen LogP contribution in [0.3, 0.4) is 0 Å². The molecule has 0 amide bonds. The molecule has 0 aliphatic carbocycles. The third kappa shape index (κ3) is 7.97. The van der Waals surface area contributed by atoms with Gasteiger partial charge in [0.05, 0.1) is 18.7 Å². The summed E-state index contributed by atoms with van der Waals surface area (Å²) in [5.41, 5.74) is -0.795. The van der Waals surface area contributed by atoms with Crippen molar-refractivity contribution in [3.63, 3.8) is 0 Å². The highest BCUT2D eigenvalue weighted by atomic mass is 127. The number of hydrogen-bond acceptors (Lipinski definition) is 2. The molecular weight excluding hydrogens is 422 g/mol. The Hall–Kier alpha value is -1.63. The normalized spacial score (nSPS) is 11.2. The Morgan fingerprint density at radius 2 is 2.00 bits per heavy atom. The number of ether oxygens (including phenoxy) is 1. The second-order valence-corrected chi connectivity index (χ2v) is 4.16. The molecule has 8 heteroatoms. The van der Waals surface area contributed by atoms with E-state index >= 15 is 0 Å². The summed E-state index contributed by atoms with van der Waals surface area (Å²) in [5, 5.41) is 5.83. The highest BCUT2D eigenvalue weighted by Crippen LogP contribution is 2.35. The lowest BCUT2D eigenvalue weighted by atomic mass is 10.2. The summed E-state index contributed by atoms with van der Waals surface area (Å²) in [6.07, 6.45) is 0.693. The van der Waals surface area contributed by atoms with E-state index in [-0.39, 0.29) is 42.9 Å². The molecule has 0 atom stereocenters. The number of rotatable bonds is 6. The molecular formula is C15H19F3IN3O. The number of nitrogens with one attached hydrogen (secondary N) is 2. The first-order valence-corrected chi connectivity index (χ1v) is 6.73. The van der Waals surface area contributed by atoms with Crippen LogP contribution in [0.1, 0.15) is 12.5 Å². The van der Waals surface area contributed by atoms with Crippen LogP contribution in [0.4, 0.5) is 13.2 Å². The average molecular weight is 441 g/mol. The standard InChI is InChI=1S/C15H18F3N3O.HI/c1-3-9-20-14(19-4-2)21-10-11-22-13-8-6-5-7-12(13)15(16,17)18;/h1,5-8H,4,9-11H2,2H3,(H2,19,20,21);1H. The Morgan fingerprint density at radius 1 is 1.30 bits per heavy atom. The van der Waals surface area contributed by atoms with Crippen LogP contribution in [0, 0.1) is 12.3 Å². The summed E-state index contributed by atoms with van der Waals surface area (Å²) in [6.45, 7) is 3.08. The molecule has 4 nitrogen and oxygen atoms in total. The molecule has 23 heavy (non-hydrogen) atoms. The molecule has 1 aromatic carbocycles. The maximum atomic E-state index is 12.8. The van der Waals surface area contributed by atoms with E-state index in [2.05, 4.69) is 21.5 Å². The zero-order valence-corrected chi connectivity index (χ0v) is 14.9. The van der Waals surface area contributed by atoms with E-state index in [0.717, 1.165) is 6.07 Å². The Balaban J connectivity index is 0.00000484. The van der Waals surface area contributed by atoms with Crippen molar-refractivity contribution in [3.8, 4) is 18.1 Å². The minimum Gasteiger partial charge on any atom is -0.491 e. The second-order valence-electron chi connectivity index (χ2n) is 4.16. The van der Waals surface area contributed by atoms with Gasteiger partial charge in [-0.3, -0.25) is 0 Å². The number of alkyl halides is 3. The van der Waals surface area contributed by atoms with E-state index < -0.39 is 11.7 Å². The minimum atomic E-state index is -4.44. The molecule has 0 aliphatic heterocycles. The van der Waals surface area contributed by atoms with Gasteiger partial charge in [0.15, 0.2) is 5.96 Å². The lowest BCUT2D eigenvalue weighted by Gasteiger charge is -2.13. The van der Waals surface area contributed by atoms with Crippen molar-refractivity contribution in [2.75, 3.05) is 26.2 Å². The Kier molecular flexibility index (Phi) is 10.2. The summed E-state index contributed by atoms with van der Waals surface area (Å²) in [7, 11) is 0. The van der Waals surface area contributed by atoms with Crippen LogP contribution in [0.2, 0.25) is 0 Å². The predicted octanol–water partition coefficient (Wildman–Crippen LogP) is 2.89. The molecule has 0 fully saturated rings. The molecule has 0 spiro atoms. The predicted molar refractivity (Wildman–Crippen MR) is 95.2 cm³/mol. The van der Waals surface area contributed by atoms with Gasteiger partial charge in [0, 0.05) is 6.54 Å². The number of halogens is 4. The Labute approximate surface area is 150 Å². The van der Waals surface area contributed by atoms with Crippen molar-refractivity contribution < 1.29 is 17.9 Å². The third-order valence-electron chi connectivity index (χ3n) is 2.51. The third-order valence-corrected chi connectivity index (χ3v) is 2.51. The van der Waals surface area contributed by atoms with Gasteiger partial charge in [-0.1, -0.05) is 18.1 Å². The molecule has 1 rings (SSSR count). The molecule has 128 valence electrons. The molecule has 0 aliphatic rings. The summed E-state index contributed by atoms with van der Waals surface area (Å²) >= 11 is 0. The summed E-state index contributed by atoms with van der Waals surface area (Å²) < 4.78 is 43.5. The summed E-state index contributed by atoms with van der Waals surface area (Å²) in [6, 6.07) is 5.08. The first kappa shape index (κ1) is 21.4. The van der Waals surface area contributed by atoms with Gasteiger partial charge in [0.1, 0.15) is 12.4 Å². The summed E-state index contributed by atoms with van der Waals surface area (Å²) in [4.78, 5) is 4.15. The van der Waals surface area contributed by atoms with Gasteiger partial charge < -0.3 is 15.4 Å². The molecule has 0 saturated carbocycles. The minimum absolute atomic E-state index is 0. The highest BCUT2D eigenvalue weighted by molar-refractivity contribution is 14.0. The van der Waals surface area contributed by atoms with Gasteiger partial charge in [0.25, 0.3) is 0 Å². The first-order chi connectivity index (χ1) is 10.5. The number of hydrogen-bond donors (Lipinski definition) is 2. The number of benzene rings is 1. The van der Waals surface area contributed by atoms with Gasteiger partial charge in [-0.15, -0.1) is 30.4 Å². The fourth-order valence-corrected chi connectivity index (χ4v) is 1.62. The fourth-order valence-electron chi connectivity index (χ4n) is 1.62. The maximum absolute atomic E-state index is 12.8. The van der Waals surface area contributed by atoms with Crippen molar-refractivity contribution in [1.29, 1.82) is 0 Å². The fraction of sp³-hybridized carbons (Fsp3) is 0.400. The van der Waals surface area contributed by atoms with Crippen LogP contribution in [0.5, 0.6) is 5.75 Å². The molecule has 0 aromatic heterocycles. The van der Waals surface area contributed by atoms with Crippen molar-refractivity contribution >= 4 is 29.9 Å². The number of guanidine groups is 1.